The lowest BCUT2D eigenvalue weighted by molar-refractivity contribution is -0.122. The first-order valence-electron chi connectivity index (χ1n) is 7.23. The molecule has 0 aliphatic carbocycles. The van der Waals surface area contributed by atoms with E-state index in [-0.39, 0.29) is 11.7 Å². The highest BCUT2D eigenvalue weighted by molar-refractivity contribution is 7.98. The van der Waals surface area contributed by atoms with Crippen LogP contribution in [-0.2, 0) is 4.79 Å². The Morgan fingerprint density at radius 2 is 1.74 bits per heavy atom. The van der Waals surface area contributed by atoms with Crippen LogP contribution in [0.1, 0.15) is 24.2 Å². The van der Waals surface area contributed by atoms with Crippen LogP contribution in [0, 0.1) is 0 Å². The number of anilines is 1. The lowest BCUT2D eigenvalue weighted by atomic mass is 10.1. The second-order valence-corrected chi connectivity index (χ2v) is 5.88. The Hall–Kier alpha value is -2.27. The van der Waals surface area contributed by atoms with Gasteiger partial charge in [-0.25, -0.2) is 0 Å². The van der Waals surface area contributed by atoms with Crippen molar-refractivity contribution >= 4 is 29.1 Å². The van der Waals surface area contributed by atoms with Crippen LogP contribution >= 0.6 is 11.8 Å². The van der Waals surface area contributed by atoms with Crippen LogP contribution in [0.5, 0.6) is 5.75 Å². The molecule has 0 aromatic heterocycles. The molecule has 0 bridgehead atoms. The van der Waals surface area contributed by atoms with Gasteiger partial charge < -0.3 is 10.1 Å². The van der Waals surface area contributed by atoms with Crippen LogP contribution in [0.2, 0.25) is 0 Å². The van der Waals surface area contributed by atoms with Gasteiger partial charge in [0.25, 0.3) is 5.91 Å². The zero-order valence-corrected chi connectivity index (χ0v) is 14.1. The molecule has 1 atom stereocenters. The minimum Gasteiger partial charge on any atom is -0.481 e. The molecule has 23 heavy (non-hydrogen) atoms. The van der Waals surface area contributed by atoms with Gasteiger partial charge >= 0.3 is 0 Å². The smallest absolute Gasteiger partial charge is 0.265 e. The normalized spacial score (nSPS) is 11.6. The summed E-state index contributed by atoms with van der Waals surface area (Å²) in [5.41, 5.74) is 1.38. The Labute approximate surface area is 140 Å². The van der Waals surface area contributed by atoms with Crippen molar-refractivity contribution in [3.8, 4) is 5.75 Å². The third-order valence-corrected chi connectivity index (χ3v) is 4.10. The minimum atomic E-state index is -0.645. The van der Waals surface area contributed by atoms with Gasteiger partial charge in [0.15, 0.2) is 11.9 Å². The van der Waals surface area contributed by atoms with Gasteiger partial charge in [0.05, 0.1) is 5.69 Å². The molecule has 2 rings (SSSR count). The Kier molecular flexibility index (Phi) is 5.82. The van der Waals surface area contributed by atoms with Crippen molar-refractivity contribution < 1.29 is 14.3 Å². The predicted molar refractivity (Wildman–Crippen MR) is 93.4 cm³/mol. The number of amides is 1. The first kappa shape index (κ1) is 17.1. The highest BCUT2D eigenvalue weighted by Gasteiger charge is 2.16. The highest BCUT2D eigenvalue weighted by atomic mass is 32.2. The monoisotopic (exact) mass is 329 g/mol. The van der Waals surface area contributed by atoms with Crippen LogP contribution in [-0.4, -0.2) is 24.1 Å². The number of carbonyl (C=O) groups is 2. The summed E-state index contributed by atoms with van der Waals surface area (Å²) in [6.45, 7) is 3.20. The van der Waals surface area contributed by atoms with Gasteiger partial charge in [0.1, 0.15) is 5.75 Å². The van der Waals surface area contributed by atoms with E-state index in [1.54, 1.807) is 43.0 Å². The Morgan fingerprint density at radius 3 is 2.35 bits per heavy atom. The van der Waals surface area contributed by atoms with Crippen LogP contribution in [0.25, 0.3) is 0 Å². The fourth-order valence-corrected chi connectivity index (χ4v) is 2.56. The standard InChI is InChI=1S/C18H19NO3S/c1-12(20)14-8-10-15(11-9-14)22-13(2)18(21)19-16-6-4-5-7-17(16)23-3/h4-11,13H,1-3H3,(H,19,21)/t13-/m1/s1. The fourth-order valence-electron chi connectivity index (χ4n) is 2.01. The molecule has 1 amide bonds. The van der Waals surface area contributed by atoms with Crippen molar-refractivity contribution in [2.75, 3.05) is 11.6 Å². The van der Waals surface area contributed by atoms with Crippen LogP contribution in [0.4, 0.5) is 5.69 Å². The summed E-state index contributed by atoms with van der Waals surface area (Å²) in [7, 11) is 0. The van der Waals surface area contributed by atoms with Crippen LogP contribution < -0.4 is 10.1 Å². The number of ketones is 1. The average Bonchev–Trinajstić information content (AvgIpc) is 2.55. The van der Waals surface area contributed by atoms with E-state index < -0.39 is 6.10 Å². The molecular weight excluding hydrogens is 310 g/mol. The Bertz CT molecular complexity index is 698. The predicted octanol–water partition coefficient (Wildman–Crippen LogP) is 4.02. The van der Waals surface area contributed by atoms with E-state index in [2.05, 4.69) is 5.32 Å². The van der Waals surface area contributed by atoms with Gasteiger partial charge in [-0.1, -0.05) is 12.1 Å². The summed E-state index contributed by atoms with van der Waals surface area (Å²) in [5, 5.41) is 2.87. The van der Waals surface area contributed by atoms with Gasteiger partial charge in [-0.3, -0.25) is 9.59 Å². The molecule has 2 aromatic rings. The lowest BCUT2D eigenvalue weighted by Gasteiger charge is -2.16. The van der Waals surface area contributed by atoms with E-state index in [0.717, 1.165) is 10.6 Å². The van der Waals surface area contributed by atoms with Crippen molar-refractivity contribution in [1.29, 1.82) is 0 Å². The molecule has 0 saturated carbocycles. The van der Waals surface area contributed by atoms with Gasteiger partial charge in [-0.2, -0.15) is 0 Å². The number of rotatable bonds is 6. The van der Waals surface area contributed by atoms with Crippen LogP contribution in [0.3, 0.4) is 0 Å². The topological polar surface area (TPSA) is 55.4 Å². The number of para-hydroxylation sites is 1. The van der Waals surface area contributed by atoms with E-state index >= 15 is 0 Å². The number of ether oxygens (including phenoxy) is 1. The number of nitrogens with one attached hydrogen (secondary N) is 1. The molecule has 0 aliphatic rings. The zero-order valence-electron chi connectivity index (χ0n) is 13.3. The number of carbonyl (C=O) groups excluding carboxylic acids is 2. The van der Waals surface area contributed by atoms with E-state index in [0.29, 0.717) is 11.3 Å². The molecule has 5 heteroatoms. The Balaban J connectivity index is 2.01. The van der Waals surface area contributed by atoms with Crippen molar-refractivity contribution in [2.24, 2.45) is 0 Å². The van der Waals surface area contributed by atoms with Crippen molar-refractivity contribution in [3.05, 3.63) is 54.1 Å². The molecule has 4 nitrogen and oxygen atoms in total. The molecule has 0 spiro atoms. The summed E-state index contributed by atoms with van der Waals surface area (Å²) in [6, 6.07) is 14.4. The molecule has 0 fully saturated rings. The molecule has 0 saturated heterocycles. The first-order chi connectivity index (χ1) is 11.0. The SMILES string of the molecule is CSc1ccccc1NC(=O)[C@@H](C)Oc1ccc(C(C)=O)cc1. The van der Waals surface area contributed by atoms with Gasteiger partial charge in [-0.05, 0) is 56.5 Å². The molecule has 0 unspecified atom stereocenters. The van der Waals surface area contributed by atoms with Gasteiger partial charge in [-0.15, -0.1) is 11.8 Å². The molecule has 120 valence electrons. The summed E-state index contributed by atoms with van der Waals surface area (Å²) in [6.07, 6.45) is 1.31. The van der Waals surface area contributed by atoms with Gasteiger partial charge in [0, 0.05) is 10.5 Å². The number of hydrogen-bond acceptors (Lipinski definition) is 4. The Morgan fingerprint density at radius 1 is 1.09 bits per heavy atom. The molecule has 2 aromatic carbocycles. The first-order valence-corrected chi connectivity index (χ1v) is 8.45. The maximum absolute atomic E-state index is 12.3. The van der Waals surface area contributed by atoms with E-state index in [1.807, 2.05) is 30.5 Å². The number of thioether (sulfide) groups is 1. The maximum Gasteiger partial charge on any atom is 0.265 e. The second-order valence-electron chi connectivity index (χ2n) is 5.03. The second kappa shape index (κ2) is 7.83. The summed E-state index contributed by atoms with van der Waals surface area (Å²) in [5.74, 6) is 0.328. The lowest BCUT2D eigenvalue weighted by Crippen LogP contribution is -2.30. The number of benzene rings is 2. The van der Waals surface area contributed by atoms with E-state index in [4.69, 9.17) is 4.74 Å². The quantitative estimate of drug-likeness (QED) is 0.642. The maximum atomic E-state index is 12.3. The van der Waals surface area contributed by atoms with Crippen LogP contribution in [0.15, 0.2) is 53.4 Å². The summed E-state index contributed by atoms with van der Waals surface area (Å²) in [4.78, 5) is 24.5. The third kappa shape index (κ3) is 4.60. The van der Waals surface area contributed by atoms with Crippen molar-refractivity contribution in [3.63, 3.8) is 0 Å². The highest BCUT2D eigenvalue weighted by Crippen LogP contribution is 2.25. The van der Waals surface area contributed by atoms with E-state index in [1.165, 1.54) is 6.92 Å². The number of hydrogen-bond donors (Lipinski definition) is 1. The average molecular weight is 329 g/mol. The minimum absolute atomic E-state index is 0.00369. The third-order valence-electron chi connectivity index (χ3n) is 3.31. The molecule has 0 radical (unpaired) electrons. The van der Waals surface area contributed by atoms with E-state index in [9.17, 15) is 9.59 Å². The molecular formula is C18H19NO3S. The summed E-state index contributed by atoms with van der Waals surface area (Å²) >= 11 is 1.57. The van der Waals surface area contributed by atoms with Gasteiger partial charge in [0.2, 0.25) is 0 Å². The molecule has 0 heterocycles. The molecule has 1 N–H and O–H groups in total. The zero-order chi connectivity index (χ0) is 16.8. The summed E-state index contributed by atoms with van der Waals surface area (Å²) < 4.78 is 5.63. The fraction of sp³-hybridized carbons (Fsp3) is 0.222. The largest absolute Gasteiger partial charge is 0.481 e. The molecule has 0 aliphatic heterocycles. The number of Topliss-reactive ketones (excluding diaryl/α,β-unsaturated/α-hetero) is 1. The van der Waals surface area contributed by atoms with Crippen molar-refractivity contribution in [1.82, 2.24) is 0 Å². The van der Waals surface area contributed by atoms with Crippen molar-refractivity contribution in [2.45, 2.75) is 24.8 Å².